The van der Waals surface area contributed by atoms with Gasteiger partial charge in [0.25, 0.3) is 5.91 Å². The van der Waals surface area contributed by atoms with E-state index in [-0.39, 0.29) is 12.5 Å². The van der Waals surface area contributed by atoms with Crippen molar-refractivity contribution in [2.75, 3.05) is 19.0 Å². The first-order valence-corrected chi connectivity index (χ1v) is 6.82. The number of hydrogen-bond acceptors (Lipinski definition) is 3. The molecule has 1 amide bonds. The molecular weight excluding hydrogens is 266 g/mol. The summed E-state index contributed by atoms with van der Waals surface area (Å²) in [4.78, 5) is 12.3. The molecule has 2 aromatic rings. The Hall–Kier alpha value is -2.17. The van der Waals surface area contributed by atoms with E-state index < -0.39 is 0 Å². The maximum atomic E-state index is 12.3. The van der Waals surface area contributed by atoms with Gasteiger partial charge in [-0.1, -0.05) is 30.3 Å². The predicted molar refractivity (Wildman–Crippen MR) is 82.3 cm³/mol. The van der Waals surface area contributed by atoms with Crippen molar-refractivity contribution in [1.29, 1.82) is 0 Å². The SMILES string of the molecule is COCc1ccccc1C(=O)Nc1ccc(CCO)cc1. The normalized spacial score (nSPS) is 10.4. The van der Waals surface area contributed by atoms with Gasteiger partial charge in [0.15, 0.2) is 0 Å². The first kappa shape index (κ1) is 15.2. The van der Waals surface area contributed by atoms with Crippen LogP contribution < -0.4 is 5.32 Å². The lowest BCUT2D eigenvalue weighted by Crippen LogP contribution is -2.14. The maximum Gasteiger partial charge on any atom is 0.256 e. The van der Waals surface area contributed by atoms with Crippen LogP contribution in [0.2, 0.25) is 0 Å². The number of carbonyl (C=O) groups is 1. The van der Waals surface area contributed by atoms with Crippen LogP contribution >= 0.6 is 0 Å². The van der Waals surface area contributed by atoms with Crippen LogP contribution in [-0.4, -0.2) is 24.7 Å². The van der Waals surface area contributed by atoms with Gasteiger partial charge in [0, 0.05) is 25.0 Å². The second kappa shape index (κ2) is 7.57. The predicted octanol–water partition coefficient (Wildman–Crippen LogP) is 2.62. The van der Waals surface area contributed by atoms with Crippen molar-refractivity contribution < 1.29 is 14.6 Å². The Balaban J connectivity index is 2.10. The Morgan fingerprint density at radius 1 is 1.14 bits per heavy atom. The van der Waals surface area contributed by atoms with Crippen molar-refractivity contribution in [3.63, 3.8) is 0 Å². The second-order valence-corrected chi connectivity index (χ2v) is 4.71. The average molecular weight is 285 g/mol. The number of carbonyl (C=O) groups excluding carboxylic acids is 1. The first-order chi connectivity index (χ1) is 10.2. The number of anilines is 1. The summed E-state index contributed by atoms with van der Waals surface area (Å²) in [7, 11) is 1.61. The van der Waals surface area contributed by atoms with Gasteiger partial charge in [-0.05, 0) is 35.7 Å². The molecule has 0 aliphatic carbocycles. The van der Waals surface area contributed by atoms with Crippen LogP contribution in [0.3, 0.4) is 0 Å². The third kappa shape index (κ3) is 4.15. The highest BCUT2D eigenvalue weighted by molar-refractivity contribution is 6.05. The molecule has 4 nitrogen and oxygen atoms in total. The Morgan fingerprint density at radius 3 is 2.52 bits per heavy atom. The lowest BCUT2D eigenvalue weighted by atomic mass is 10.1. The minimum Gasteiger partial charge on any atom is -0.396 e. The number of aliphatic hydroxyl groups is 1. The standard InChI is InChI=1S/C17H19NO3/c1-21-12-14-4-2-3-5-16(14)17(20)18-15-8-6-13(7-9-15)10-11-19/h2-9,19H,10-12H2,1H3,(H,18,20). The molecular formula is C17H19NO3. The van der Waals surface area contributed by atoms with E-state index in [1.54, 1.807) is 13.2 Å². The third-order valence-electron chi connectivity index (χ3n) is 3.17. The number of rotatable bonds is 6. The molecule has 21 heavy (non-hydrogen) atoms. The minimum atomic E-state index is -0.155. The van der Waals surface area contributed by atoms with Crippen LogP contribution in [-0.2, 0) is 17.8 Å². The molecule has 0 unspecified atom stereocenters. The van der Waals surface area contributed by atoms with Crippen LogP contribution in [0.5, 0.6) is 0 Å². The zero-order chi connectivity index (χ0) is 15.1. The van der Waals surface area contributed by atoms with E-state index in [2.05, 4.69) is 5.32 Å². The largest absolute Gasteiger partial charge is 0.396 e. The highest BCUT2D eigenvalue weighted by Crippen LogP contribution is 2.15. The molecule has 2 rings (SSSR count). The molecule has 2 aromatic carbocycles. The summed E-state index contributed by atoms with van der Waals surface area (Å²) in [6.45, 7) is 0.523. The number of ether oxygens (including phenoxy) is 1. The van der Waals surface area contributed by atoms with Crippen molar-refractivity contribution in [2.24, 2.45) is 0 Å². The highest BCUT2D eigenvalue weighted by Gasteiger charge is 2.10. The summed E-state index contributed by atoms with van der Waals surface area (Å²) in [5.41, 5.74) is 3.23. The summed E-state index contributed by atoms with van der Waals surface area (Å²) in [6, 6.07) is 14.8. The van der Waals surface area contributed by atoms with E-state index in [4.69, 9.17) is 9.84 Å². The fourth-order valence-electron chi connectivity index (χ4n) is 2.11. The van der Waals surface area contributed by atoms with Crippen LogP contribution in [0.25, 0.3) is 0 Å². The molecule has 0 heterocycles. The first-order valence-electron chi connectivity index (χ1n) is 6.82. The fraction of sp³-hybridized carbons (Fsp3) is 0.235. The number of amides is 1. The third-order valence-corrected chi connectivity index (χ3v) is 3.17. The number of benzene rings is 2. The Morgan fingerprint density at radius 2 is 1.86 bits per heavy atom. The van der Waals surface area contributed by atoms with Gasteiger partial charge in [-0.2, -0.15) is 0 Å². The lowest BCUT2D eigenvalue weighted by molar-refractivity contribution is 0.102. The summed E-state index contributed by atoms with van der Waals surface area (Å²) in [6.07, 6.45) is 0.616. The summed E-state index contributed by atoms with van der Waals surface area (Å²) in [5, 5.41) is 11.8. The van der Waals surface area contributed by atoms with Crippen molar-refractivity contribution >= 4 is 11.6 Å². The van der Waals surface area contributed by atoms with E-state index in [1.165, 1.54) is 0 Å². The average Bonchev–Trinajstić information content (AvgIpc) is 2.50. The molecule has 4 heteroatoms. The number of methoxy groups -OCH3 is 1. The van der Waals surface area contributed by atoms with E-state index >= 15 is 0 Å². The van der Waals surface area contributed by atoms with Crippen molar-refractivity contribution in [2.45, 2.75) is 13.0 Å². The molecule has 0 atom stereocenters. The van der Waals surface area contributed by atoms with Crippen molar-refractivity contribution in [1.82, 2.24) is 0 Å². The topological polar surface area (TPSA) is 58.6 Å². The number of nitrogens with one attached hydrogen (secondary N) is 1. The summed E-state index contributed by atoms with van der Waals surface area (Å²) in [5.74, 6) is -0.155. The molecule has 0 aliphatic heterocycles. The maximum absolute atomic E-state index is 12.3. The number of hydrogen-bond donors (Lipinski definition) is 2. The highest BCUT2D eigenvalue weighted by atomic mass is 16.5. The summed E-state index contributed by atoms with van der Waals surface area (Å²) < 4.78 is 5.11. The van der Waals surface area contributed by atoms with Gasteiger partial charge in [0.1, 0.15) is 0 Å². The van der Waals surface area contributed by atoms with Crippen molar-refractivity contribution in [3.8, 4) is 0 Å². The Bertz CT molecular complexity index is 593. The quantitative estimate of drug-likeness (QED) is 0.857. The minimum absolute atomic E-state index is 0.121. The van der Waals surface area contributed by atoms with Gasteiger partial charge in [0.2, 0.25) is 0 Å². The Kier molecular flexibility index (Phi) is 5.49. The molecule has 0 bridgehead atoms. The zero-order valence-corrected chi connectivity index (χ0v) is 12.0. The van der Waals surface area contributed by atoms with Gasteiger partial charge in [-0.3, -0.25) is 4.79 Å². The van der Waals surface area contributed by atoms with E-state index in [9.17, 15) is 4.79 Å². The van der Waals surface area contributed by atoms with Crippen LogP contribution in [0.4, 0.5) is 5.69 Å². The molecule has 0 saturated carbocycles. The van der Waals surface area contributed by atoms with Gasteiger partial charge < -0.3 is 15.2 Å². The van der Waals surface area contributed by atoms with Gasteiger partial charge in [-0.25, -0.2) is 0 Å². The van der Waals surface area contributed by atoms with Crippen LogP contribution in [0, 0.1) is 0 Å². The van der Waals surface area contributed by atoms with E-state index in [0.717, 1.165) is 16.8 Å². The molecule has 0 spiro atoms. The van der Waals surface area contributed by atoms with Gasteiger partial charge >= 0.3 is 0 Å². The molecule has 0 fully saturated rings. The zero-order valence-electron chi connectivity index (χ0n) is 12.0. The molecule has 0 aliphatic rings. The van der Waals surface area contributed by atoms with Gasteiger partial charge in [0.05, 0.1) is 6.61 Å². The smallest absolute Gasteiger partial charge is 0.256 e. The second-order valence-electron chi connectivity index (χ2n) is 4.71. The molecule has 0 aromatic heterocycles. The fourth-order valence-corrected chi connectivity index (χ4v) is 2.11. The molecule has 2 N–H and O–H groups in total. The van der Waals surface area contributed by atoms with E-state index in [0.29, 0.717) is 18.6 Å². The number of aliphatic hydroxyl groups excluding tert-OH is 1. The lowest BCUT2D eigenvalue weighted by Gasteiger charge is -2.10. The molecule has 110 valence electrons. The van der Waals surface area contributed by atoms with Crippen molar-refractivity contribution in [3.05, 3.63) is 65.2 Å². The van der Waals surface area contributed by atoms with E-state index in [1.807, 2.05) is 42.5 Å². The van der Waals surface area contributed by atoms with Crippen LogP contribution in [0.15, 0.2) is 48.5 Å². The molecule has 0 saturated heterocycles. The summed E-state index contributed by atoms with van der Waals surface area (Å²) >= 11 is 0. The molecule has 0 radical (unpaired) electrons. The van der Waals surface area contributed by atoms with Crippen LogP contribution in [0.1, 0.15) is 21.5 Å². The Labute approximate surface area is 124 Å². The van der Waals surface area contributed by atoms with Gasteiger partial charge in [-0.15, -0.1) is 0 Å². The monoisotopic (exact) mass is 285 g/mol.